The van der Waals surface area contributed by atoms with Crippen molar-refractivity contribution in [1.82, 2.24) is 10.2 Å². The largest absolute Gasteiger partial charge is 0.350 e. The molecule has 0 aliphatic carbocycles. The van der Waals surface area contributed by atoms with E-state index in [9.17, 15) is 31.9 Å². The van der Waals surface area contributed by atoms with Crippen LogP contribution in [0.25, 0.3) is 6.08 Å². The highest BCUT2D eigenvalue weighted by atomic mass is 32.2. The van der Waals surface area contributed by atoms with Gasteiger partial charge >= 0.3 is 0 Å². The van der Waals surface area contributed by atoms with Crippen molar-refractivity contribution < 1.29 is 31.9 Å². The van der Waals surface area contributed by atoms with E-state index in [1.807, 2.05) is 0 Å². The number of carbonyl (C=O) groups is 3. The molecule has 0 bridgehead atoms. The van der Waals surface area contributed by atoms with Gasteiger partial charge in [-0.15, -0.1) is 0 Å². The van der Waals surface area contributed by atoms with Crippen LogP contribution in [-0.4, -0.2) is 35.0 Å². The zero-order valence-electron chi connectivity index (χ0n) is 14.5. The Kier molecular flexibility index (Phi) is 6.02. The van der Waals surface area contributed by atoms with Gasteiger partial charge in [0.15, 0.2) is 23.3 Å². The van der Waals surface area contributed by atoms with Gasteiger partial charge in [-0.2, -0.15) is 0 Å². The molecule has 0 aromatic heterocycles. The molecule has 1 aliphatic rings. The van der Waals surface area contributed by atoms with Crippen molar-refractivity contribution >= 4 is 34.9 Å². The number of hydrogen-bond acceptors (Lipinski definition) is 4. The molecule has 1 N–H and O–H groups in total. The maximum Gasteiger partial charge on any atom is 0.293 e. The smallest absolute Gasteiger partial charge is 0.293 e. The molecule has 150 valence electrons. The minimum atomic E-state index is -2.10. The van der Waals surface area contributed by atoms with Gasteiger partial charge in [0.2, 0.25) is 0 Å². The number of hydrogen-bond donors (Lipinski definition) is 1. The zero-order valence-corrected chi connectivity index (χ0v) is 15.4. The third kappa shape index (κ3) is 4.32. The molecule has 2 aromatic rings. The summed E-state index contributed by atoms with van der Waals surface area (Å²) in [5.74, 6) is -9.46. The third-order valence-electron chi connectivity index (χ3n) is 3.94. The van der Waals surface area contributed by atoms with Crippen LogP contribution in [0, 0.1) is 23.3 Å². The van der Waals surface area contributed by atoms with Crippen LogP contribution in [0.2, 0.25) is 0 Å². The van der Waals surface area contributed by atoms with Gasteiger partial charge in [-0.1, -0.05) is 30.3 Å². The number of nitrogens with one attached hydrogen (secondary N) is 1. The quantitative estimate of drug-likeness (QED) is 0.344. The van der Waals surface area contributed by atoms with Gasteiger partial charge in [-0.25, -0.2) is 17.6 Å². The van der Waals surface area contributed by atoms with E-state index in [1.165, 1.54) is 0 Å². The first-order valence-electron chi connectivity index (χ1n) is 8.21. The fourth-order valence-corrected chi connectivity index (χ4v) is 3.37. The maximum absolute atomic E-state index is 13.6. The average Bonchev–Trinajstić information content (AvgIpc) is 2.97. The van der Waals surface area contributed by atoms with Crippen LogP contribution < -0.4 is 5.32 Å². The standard InChI is InChI=1S/C19H12F4N2O3S/c20-12-9-11(14(21)16(23)15(12)22)17(26)24-6-7-25-18(27)13(29-19(25)28)8-10-4-2-1-3-5-10/h1-5,8-9H,6-7H2,(H,24,26). The molecule has 0 atom stereocenters. The highest BCUT2D eigenvalue weighted by molar-refractivity contribution is 8.18. The highest BCUT2D eigenvalue weighted by Crippen LogP contribution is 2.31. The van der Waals surface area contributed by atoms with E-state index in [1.54, 1.807) is 36.4 Å². The number of amides is 3. The fraction of sp³-hybridized carbons (Fsp3) is 0.105. The fourth-order valence-electron chi connectivity index (χ4n) is 2.51. The van der Waals surface area contributed by atoms with E-state index in [0.717, 1.165) is 22.2 Å². The van der Waals surface area contributed by atoms with E-state index < -0.39 is 45.9 Å². The summed E-state index contributed by atoms with van der Waals surface area (Å²) in [6.07, 6.45) is 1.54. The van der Waals surface area contributed by atoms with Crippen LogP contribution in [0.3, 0.4) is 0 Å². The molecule has 10 heteroatoms. The van der Waals surface area contributed by atoms with E-state index in [2.05, 4.69) is 5.32 Å². The molecular weight excluding hydrogens is 412 g/mol. The normalized spacial score (nSPS) is 15.3. The summed E-state index contributed by atoms with van der Waals surface area (Å²) in [5.41, 5.74) is -0.304. The number of thioether (sulfide) groups is 1. The summed E-state index contributed by atoms with van der Waals surface area (Å²) < 4.78 is 53.0. The molecule has 1 saturated heterocycles. The highest BCUT2D eigenvalue weighted by Gasteiger charge is 2.34. The molecule has 29 heavy (non-hydrogen) atoms. The van der Waals surface area contributed by atoms with Crippen molar-refractivity contribution in [2.24, 2.45) is 0 Å². The first kappa shape index (κ1) is 20.6. The van der Waals surface area contributed by atoms with Crippen molar-refractivity contribution in [3.63, 3.8) is 0 Å². The van der Waals surface area contributed by atoms with E-state index in [4.69, 9.17) is 0 Å². The summed E-state index contributed by atoms with van der Waals surface area (Å²) in [7, 11) is 0. The first-order chi connectivity index (χ1) is 13.8. The molecule has 0 saturated carbocycles. The van der Waals surface area contributed by atoms with Gasteiger partial charge < -0.3 is 5.32 Å². The molecule has 1 heterocycles. The van der Waals surface area contributed by atoms with Crippen molar-refractivity contribution in [1.29, 1.82) is 0 Å². The molecule has 5 nitrogen and oxygen atoms in total. The number of carbonyl (C=O) groups excluding carboxylic acids is 3. The molecule has 1 fully saturated rings. The Morgan fingerprint density at radius 3 is 2.41 bits per heavy atom. The Bertz CT molecular complexity index is 1030. The molecule has 0 radical (unpaired) electrons. The van der Waals surface area contributed by atoms with Gasteiger partial charge in [0, 0.05) is 13.1 Å². The van der Waals surface area contributed by atoms with Crippen LogP contribution in [-0.2, 0) is 4.79 Å². The van der Waals surface area contributed by atoms with Crippen molar-refractivity contribution in [2.45, 2.75) is 0 Å². The lowest BCUT2D eigenvalue weighted by atomic mass is 10.1. The molecule has 3 amide bonds. The average molecular weight is 424 g/mol. The molecular formula is C19H12F4N2O3S. The van der Waals surface area contributed by atoms with Crippen molar-refractivity contribution in [3.05, 3.63) is 75.7 Å². The van der Waals surface area contributed by atoms with Gasteiger partial charge in [0.05, 0.1) is 10.5 Å². The topological polar surface area (TPSA) is 66.5 Å². The van der Waals surface area contributed by atoms with Crippen molar-refractivity contribution in [3.8, 4) is 0 Å². The second kappa shape index (κ2) is 8.48. The molecule has 3 rings (SSSR count). The van der Waals surface area contributed by atoms with Crippen LogP contribution >= 0.6 is 11.8 Å². The Labute approximate surface area is 166 Å². The minimum absolute atomic E-state index is 0.196. The maximum atomic E-state index is 13.6. The number of imide groups is 1. The van der Waals surface area contributed by atoms with E-state index in [-0.39, 0.29) is 24.1 Å². The van der Waals surface area contributed by atoms with E-state index >= 15 is 0 Å². The van der Waals surface area contributed by atoms with Crippen LogP contribution in [0.1, 0.15) is 15.9 Å². The van der Waals surface area contributed by atoms with Crippen LogP contribution in [0.5, 0.6) is 0 Å². The number of nitrogens with zero attached hydrogens (tertiary/aromatic N) is 1. The number of halogens is 4. The minimum Gasteiger partial charge on any atom is -0.350 e. The summed E-state index contributed by atoms with van der Waals surface area (Å²) in [6, 6.07) is 9.07. The molecule has 0 spiro atoms. The number of rotatable bonds is 5. The molecule has 0 unspecified atom stereocenters. The van der Waals surface area contributed by atoms with Gasteiger partial charge in [-0.05, 0) is 29.5 Å². The molecule has 2 aromatic carbocycles. The van der Waals surface area contributed by atoms with Gasteiger partial charge in [0.25, 0.3) is 17.1 Å². The second-order valence-electron chi connectivity index (χ2n) is 5.85. The van der Waals surface area contributed by atoms with Gasteiger partial charge in [0.1, 0.15) is 0 Å². The lowest BCUT2D eigenvalue weighted by Gasteiger charge is -2.13. The Morgan fingerprint density at radius 2 is 1.72 bits per heavy atom. The second-order valence-corrected chi connectivity index (χ2v) is 6.84. The Balaban J connectivity index is 1.64. The van der Waals surface area contributed by atoms with Gasteiger partial charge in [-0.3, -0.25) is 19.3 Å². The van der Waals surface area contributed by atoms with Crippen LogP contribution in [0.4, 0.5) is 22.4 Å². The SMILES string of the molecule is O=C(NCCN1C(=O)SC(=Cc2ccccc2)C1=O)c1cc(F)c(F)c(F)c1F. The van der Waals surface area contributed by atoms with E-state index in [0.29, 0.717) is 0 Å². The predicted molar refractivity (Wildman–Crippen MR) is 97.7 cm³/mol. The summed E-state index contributed by atoms with van der Waals surface area (Å²) in [6.45, 7) is -0.536. The van der Waals surface area contributed by atoms with Crippen LogP contribution in [0.15, 0.2) is 41.3 Å². The lowest BCUT2D eigenvalue weighted by molar-refractivity contribution is -0.122. The monoisotopic (exact) mass is 424 g/mol. The summed E-state index contributed by atoms with van der Waals surface area (Å²) in [4.78, 5) is 37.4. The summed E-state index contributed by atoms with van der Waals surface area (Å²) >= 11 is 0.725. The lowest BCUT2D eigenvalue weighted by Crippen LogP contribution is -2.37. The Morgan fingerprint density at radius 1 is 1.03 bits per heavy atom. The van der Waals surface area contributed by atoms with Crippen molar-refractivity contribution in [2.75, 3.05) is 13.1 Å². The first-order valence-corrected chi connectivity index (χ1v) is 9.03. The predicted octanol–water partition coefficient (Wildman–Crippen LogP) is 3.71. The number of benzene rings is 2. The Hall–Kier alpha value is -3.14. The zero-order chi connectivity index (χ0) is 21.1. The molecule has 1 aliphatic heterocycles. The third-order valence-corrected chi connectivity index (χ3v) is 4.85. The summed E-state index contributed by atoms with van der Waals surface area (Å²) in [5, 5.41) is 1.58.